The second-order valence-electron chi connectivity index (χ2n) is 4.66. The Bertz CT molecular complexity index is 504. The quantitative estimate of drug-likeness (QED) is 0.788. The Kier molecular flexibility index (Phi) is 3.85. The molecule has 1 atom stereocenters. The molecule has 0 aliphatic carbocycles. The van der Waals surface area contributed by atoms with Gasteiger partial charge in [-0.3, -0.25) is 4.57 Å². The Morgan fingerprint density at radius 2 is 1.88 bits per heavy atom. The molecule has 17 heavy (non-hydrogen) atoms. The van der Waals surface area contributed by atoms with E-state index in [1.165, 1.54) is 11.7 Å². The number of hydrogen-bond donors (Lipinski definition) is 0. The van der Waals surface area contributed by atoms with E-state index in [2.05, 4.69) is 10.2 Å². The van der Waals surface area contributed by atoms with Crippen LogP contribution in [-0.4, -0.2) is 30.3 Å². The third-order valence-corrected chi connectivity index (χ3v) is 3.38. The van der Waals surface area contributed by atoms with Crippen molar-refractivity contribution in [3.05, 3.63) is 5.82 Å². The lowest BCUT2D eigenvalue weighted by molar-refractivity contribution is 0.103. The van der Waals surface area contributed by atoms with Gasteiger partial charge in [0.05, 0.1) is 0 Å². The van der Waals surface area contributed by atoms with Gasteiger partial charge in [-0.15, -0.1) is 10.2 Å². The van der Waals surface area contributed by atoms with E-state index in [4.69, 9.17) is 15.4 Å². The predicted octanol–water partition coefficient (Wildman–Crippen LogP) is 1.67. The molecule has 1 aromatic heterocycles. The molecule has 1 heterocycles. The van der Waals surface area contributed by atoms with E-state index in [0.717, 1.165) is 0 Å². The Balaban J connectivity index is 3.53. The molecule has 0 amide bonds. The van der Waals surface area contributed by atoms with E-state index >= 15 is 0 Å². The van der Waals surface area contributed by atoms with Gasteiger partial charge < -0.3 is 4.74 Å². The SMILES string of the molecule is COC(C)c1nnc(S(=O)(=O)Cl)n1C(C)(C)C. The minimum absolute atomic E-state index is 0.259. The first-order chi connectivity index (χ1) is 7.59. The van der Waals surface area contributed by atoms with E-state index in [-0.39, 0.29) is 11.3 Å². The van der Waals surface area contributed by atoms with Crippen LogP contribution in [-0.2, 0) is 19.3 Å². The van der Waals surface area contributed by atoms with Crippen LogP contribution in [0.2, 0.25) is 0 Å². The fourth-order valence-corrected chi connectivity index (χ4v) is 2.46. The number of halogens is 1. The van der Waals surface area contributed by atoms with Crippen molar-refractivity contribution in [3.8, 4) is 0 Å². The summed E-state index contributed by atoms with van der Waals surface area (Å²) in [6.45, 7) is 7.28. The fourth-order valence-electron chi connectivity index (χ4n) is 1.44. The van der Waals surface area contributed by atoms with Crippen LogP contribution in [0.4, 0.5) is 0 Å². The summed E-state index contributed by atoms with van der Waals surface area (Å²) in [5, 5.41) is 7.22. The molecular formula is C9H16ClN3O3S. The zero-order valence-electron chi connectivity index (χ0n) is 10.4. The predicted molar refractivity (Wildman–Crippen MR) is 63.5 cm³/mol. The lowest BCUT2D eigenvalue weighted by Crippen LogP contribution is -2.28. The van der Waals surface area contributed by atoms with Crippen LogP contribution in [0.15, 0.2) is 5.16 Å². The van der Waals surface area contributed by atoms with E-state index in [1.807, 2.05) is 20.8 Å². The molecule has 1 aromatic rings. The number of hydrogen-bond acceptors (Lipinski definition) is 5. The van der Waals surface area contributed by atoms with Crippen LogP contribution in [0.1, 0.15) is 39.6 Å². The van der Waals surface area contributed by atoms with E-state index < -0.39 is 14.6 Å². The zero-order valence-corrected chi connectivity index (χ0v) is 12.0. The number of aromatic nitrogens is 3. The molecule has 0 N–H and O–H groups in total. The summed E-state index contributed by atoms with van der Waals surface area (Å²) in [5.41, 5.74) is -0.511. The van der Waals surface area contributed by atoms with Crippen molar-refractivity contribution in [1.29, 1.82) is 0 Å². The summed E-state index contributed by atoms with van der Waals surface area (Å²) >= 11 is 0. The van der Waals surface area contributed by atoms with Crippen LogP contribution in [0, 0.1) is 0 Å². The van der Waals surface area contributed by atoms with Crippen LogP contribution >= 0.6 is 10.7 Å². The van der Waals surface area contributed by atoms with Gasteiger partial charge in [0.15, 0.2) is 5.82 Å². The monoisotopic (exact) mass is 281 g/mol. The van der Waals surface area contributed by atoms with E-state index in [1.54, 1.807) is 6.92 Å². The Hall–Kier alpha value is -0.660. The molecule has 6 nitrogen and oxygen atoms in total. The topological polar surface area (TPSA) is 74.1 Å². The zero-order chi connectivity index (χ0) is 13.4. The highest BCUT2D eigenvalue weighted by molar-refractivity contribution is 8.13. The van der Waals surface area contributed by atoms with Crippen molar-refractivity contribution in [2.75, 3.05) is 7.11 Å². The van der Waals surface area contributed by atoms with Gasteiger partial charge in [0, 0.05) is 23.3 Å². The van der Waals surface area contributed by atoms with Gasteiger partial charge >= 0.3 is 0 Å². The molecule has 0 spiro atoms. The van der Waals surface area contributed by atoms with Crippen LogP contribution in [0.3, 0.4) is 0 Å². The van der Waals surface area contributed by atoms with Crippen LogP contribution < -0.4 is 0 Å². The molecule has 1 unspecified atom stereocenters. The third kappa shape index (κ3) is 2.97. The van der Waals surface area contributed by atoms with Gasteiger partial charge in [-0.1, -0.05) is 0 Å². The van der Waals surface area contributed by atoms with Crippen LogP contribution in [0.5, 0.6) is 0 Å². The molecule has 8 heteroatoms. The maximum Gasteiger partial charge on any atom is 0.296 e. The van der Waals surface area contributed by atoms with Gasteiger partial charge in [0.2, 0.25) is 0 Å². The summed E-state index contributed by atoms with van der Waals surface area (Å²) in [5.74, 6) is 0.430. The number of nitrogens with zero attached hydrogens (tertiary/aromatic N) is 3. The first kappa shape index (κ1) is 14.4. The second-order valence-corrected chi connectivity index (χ2v) is 7.12. The summed E-state index contributed by atoms with van der Waals surface area (Å²) < 4.78 is 29.5. The fraction of sp³-hybridized carbons (Fsp3) is 0.778. The smallest absolute Gasteiger partial charge is 0.296 e. The Labute approximate surface area is 105 Å². The minimum atomic E-state index is -3.93. The van der Waals surface area contributed by atoms with E-state index in [9.17, 15) is 8.42 Å². The number of ether oxygens (including phenoxy) is 1. The standard InChI is InChI=1S/C9H16ClN3O3S/c1-6(16-5)7-11-12-8(17(10,14)15)13(7)9(2,3)4/h6H,1-5H3. The maximum atomic E-state index is 11.4. The summed E-state index contributed by atoms with van der Waals surface area (Å²) in [6, 6.07) is 0. The van der Waals surface area contributed by atoms with E-state index in [0.29, 0.717) is 5.82 Å². The summed E-state index contributed by atoms with van der Waals surface area (Å²) in [4.78, 5) is 0. The number of methoxy groups -OCH3 is 1. The molecule has 0 fully saturated rings. The van der Waals surface area contributed by atoms with Gasteiger partial charge in [0.1, 0.15) is 6.10 Å². The van der Waals surface area contributed by atoms with Crippen molar-refractivity contribution in [2.45, 2.75) is 44.5 Å². The Morgan fingerprint density at radius 3 is 2.24 bits per heavy atom. The molecule has 0 aliphatic heterocycles. The molecule has 0 saturated carbocycles. The van der Waals surface area contributed by atoms with Crippen molar-refractivity contribution in [3.63, 3.8) is 0 Å². The lowest BCUT2D eigenvalue weighted by Gasteiger charge is -2.25. The van der Waals surface area contributed by atoms with Crippen molar-refractivity contribution in [1.82, 2.24) is 14.8 Å². The lowest BCUT2D eigenvalue weighted by atomic mass is 10.1. The van der Waals surface area contributed by atoms with Crippen molar-refractivity contribution in [2.24, 2.45) is 0 Å². The molecule has 0 radical (unpaired) electrons. The highest BCUT2D eigenvalue weighted by Gasteiger charge is 2.31. The molecule has 0 bridgehead atoms. The second kappa shape index (κ2) is 4.55. The largest absolute Gasteiger partial charge is 0.374 e. The number of rotatable bonds is 3. The first-order valence-electron chi connectivity index (χ1n) is 5.02. The summed E-state index contributed by atoms with van der Waals surface area (Å²) in [7, 11) is 2.92. The van der Waals surface area contributed by atoms with Crippen molar-refractivity contribution < 1.29 is 13.2 Å². The Morgan fingerprint density at radius 1 is 1.35 bits per heavy atom. The average molecular weight is 282 g/mol. The molecule has 0 aromatic carbocycles. The maximum absolute atomic E-state index is 11.4. The minimum Gasteiger partial charge on any atom is -0.374 e. The van der Waals surface area contributed by atoms with Gasteiger partial charge in [-0.25, -0.2) is 8.42 Å². The van der Waals surface area contributed by atoms with Crippen molar-refractivity contribution >= 4 is 19.7 Å². The molecule has 98 valence electrons. The molecule has 1 rings (SSSR count). The normalized spacial score (nSPS) is 14.9. The highest BCUT2D eigenvalue weighted by Crippen LogP contribution is 2.27. The molecular weight excluding hydrogens is 266 g/mol. The first-order valence-corrected chi connectivity index (χ1v) is 7.33. The summed E-state index contributed by atoms with van der Waals surface area (Å²) in [6.07, 6.45) is -0.367. The van der Waals surface area contributed by atoms with Gasteiger partial charge in [0.25, 0.3) is 14.2 Å². The highest BCUT2D eigenvalue weighted by atomic mass is 35.7. The van der Waals surface area contributed by atoms with Gasteiger partial charge in [-0.05, 0) is 27.7 Å². The molecule has 0 saturated heterocycles. The average Bonchev–Trinajstić information content (AvgIpc) is 2.59. The molecule has 0 aliphatic rings. The van der Waals surface area contributed by atoms with Crippen LogP contribution in [0.25, 0.3) is 0 Å². The third-order valence-electron chi connectivity index (χ3n) is 2.26. The van der Waals surface area contributed by atoms with Gasteiger partial charge in [-0.2, -0.15) is 0 Å².